The van der Waals surface area contributed by atoms with Crippen molar-refractivity contribution in [2.45, 2.75) is 18.9 Å². The van der Waals surface area contributed by atoms with Crippen LogP contribution in [-0.2, 0) is 20.7 Å². The van der Waals surface area contributed by atoms with Crippen molar-refractivity contribution < 1.29 is 14.3 Å². The normalized spacial score (nSPS) is 11.7. The number of amides is 1. The fourth-order valence-electron chi connectivity index (χ4n) is 1.50. The number of methoxy groups -OCH3 is 1. The summed E-state index contributed by atoms with van der Waals surface area (Å²) in [6.45, 7) is 0.525. The molecule has 1 aromatic carbocycles. The fraction of sp³-hybridized carbons (Fsp3) is 0.385. The Morgan fingerprint density at radius 3 is 2.61 bits per heavy atom. The summed E-state index contributed by atoms with van der Waals surface area (Å²) in [7, 11) is 1.25. The summed E-state index contributed by atoms with van der Waals surface area (Å²) in [5.41, 5.74) is 6.62. The quantitative estimate of drug-likeness (QED) is 0.708. The van der Waals surface area contributed by atoms with Crippen LogP contribution in [0.15, 0.2) is 30.3 Å². The van der Waals surface area contributed by atoms with Gasteiger partial charge < -0.3 is 15.8 Å². The summed E-state index contributed by atoms with van der Waals surface area (Å²) in [6, 6.07) is 8.93. The van der Waals surface area contributed by atoms with Crippen LogP contribution in [0, 0.1) is 0 Å². The van der Waals surface area contributed by atoms with Crippen molar-refractivity contribution in [1.82, 2.24) is 5.32 Å². The first-order valence-electron chi connectivity index (χ1n) is 5.77. The lowest BCUT2D eigenvalue weighted by molar-refractivity contribution is -0.143. The van der Waals surface area contributed by atoms with Gasteiger partial charge in [0.2, 0.25) is 5.91 Å². The summed E-state index contributed by atoms with van der Waals surface area (Å²) < 4.78 is 4.44. The number of ether oxygens (including phenoxy) is 1. The zero-order valence-corrected chi connectivity index (χ0v) is 10.4. The number of esters is 1. The minimum Gasteiger partial charge on any atom is -0.468 e. The average Bonchev–Trinajstić information content (AvgIpc) is 2.38. The molecule has 0 heterocycles. The van der Waals surface area contributed by atoms with E-state index in [1.807, 2.05) is 30.3 Å². The Morgan fingerprint density at radius 1 is 1.33 bits per heavy atom. The summed E-state index contributed by atoms with van der Waals surface area (Å²) >= 11 is 0. The Balaban J connectivity index is 2.23. The number of rotatable bonds is 6. The SMILES string of the molecule is COC(=O)[C@@H](N)CC(=O)NCCc1ccccc1. The lowest BCUT2D eigenvalue weighted by Gasteiger charge is -2.09. The van der Waals surface area contributed by atoms with Crippen LogP contribution in [0.5, 0.6) is 0 Å². The van der Waals surface area contributed by atoms with E-state index < -0.39 is 12.0 Å². The molecule has 0 bridgehead atoms. The third-order valence-corrected chi connectivity index (χ3v) is 2.49. The molecule has 1 aromatic rings. The molecule has 0 aromatic heterocycles. The molecule has 0 aliphatic heterocycles. The van der Waals surface area contributed by atoms with Crippen LogP contribution in [0.25, 0.3) is 0 Å². The summed E-state index contributed by atoms with van der Waals surface area (Å²) in [5.74, 6) is -0.822. The second kappa shape index (κ2) is 7.45. The molecule has 0 spiro atoms. The van der Waals surface area contributed by atoms with Crippen molar-refractivity contribution >= 4 is 11.9 Å². The van der Waals surface area contributed by atoms with Crippen LogP contribution in [-0.4, -0.2) is 31.6 Å². The maximum absolute atomic E-state index is 11.5. The monoisotopic (exact) mass is 250 g/mol. The molecule has 1 rings (SSSR count). The molecule has 0 radical (unpaired) electrons. The van der Waals surface area contributed by atoms with E-state index in [4.69, 9.17) is 5.73 Å². The lowest BCUT2D eigenvalue weighted by atomic mass is 10.1. The second-order valence-corrected chi connectivity index (χ2v) is 3.92. The fourth-order valence-corrected chi connectivity index (χ4v) is 1.50. The van der Waals surface area contributed by atoms with Gasteiger partial charge in [-0.1, -0.05) is 30.3 Å². The Bertz CT molecular complexity index is 392. The predicted octanol–water partition coefficient (Wildman–Crippen LogP) is 0.236. The highest BCUT2D eigenvalue weighted by Crippen LogP contribution is 1.98. The average molecular weight is 250 g/mol. The van der Waals surface area contributed by atoms with Gasteiger partial charge in [0, 0.05) is 6.54 Å². The van der Waals surface area contributed by atoms with Crippen molar-refractivity contribution in [3.63, 3.8) is 0 Å². The minimum atomic E-state index is -0.897. The number of hydrogen-bond donors (Lipinski definition) is 2. The molecule has 0 unspecified atom stereocenters. The molecule has 18 heavy (non-hydrogen) atoms. The first-order chi connectivity index (χ1) is 8.63. The lowest BCUT2D eigenvalue weighted by Crippen LogP contribution is -2.38. The summed E-state index contributed by atoms with van der Waals surface area (Å²) in [6.07, 6.45) is 0.696. The minimum absolute atomic E-state index is 0.0541. The largest absolute Gasteiger partial charge is 0.468 e. The second-order valence-electron chi connectivity index (χ2n) is 3.92. The molecule has 0 aliphatic carbocycles. The number of benzene rings is 1. The van der Waals surface area contributed by atoms with Crippen molar-refractivity contribution in [3.05, 3.63) is 35.9 Å². The van der Waals surface area contributed by atoms with Crippen molar-refractivity contribution in [1.29, 1.82) is 0 Å². The molecule has 98 valence electrons. The van der Waals surface area contributed by atoms with Gasteiger partial charge in [-0.05, 0) is 12.0 Å². The topological polar surface area (TPSA) is 81.4 Å². The van der Waals surface area contributed by atoms with Crippen LogP contribution in [0.4, 0.5) is 0 Å². The van der Waals surface area contributed by atoms with Gasteiger partial charge >= 0.3 is 5.97 Å². The Kier molecular flexibility index (Phi) is 5.87. The van der Waals surface area contributed by atoms with Crippen LogP contribution in [0.1, 0.15) is 12.0 Å². The van der Waals surface area contributed by atoms with E-state index in [9.17, 15) is 9.59 Å². The maximum Gasteiger partial charge on any atom is 0.323 e. The molecular weight excluding hydrogens is 232 g/mol. The molecule has 0 fully saturated rings. The van der Waals surface area contributed by atoms with E-state index in [1.54, 1.807) is 0 Å². The molecule has 0 aliphatic rings. The third kappa shape index (κ3) is 4.97. The van der Waals surface area contributed by atoms with E-state index >= 15 is 0 Å². The molecular formula is C13H18N2O3. The zero-order valence-electron chi connectivity index (χ0n) is 10.4. The standard InChI is InChI=1S/C13H18N2O3/c1-18-13(17)11(14)9-12(16)15-8-7-10-5-3-2-4-6-10/h2-6,11H,7-9,14H2,1H3,(H,15,16)/t11-/m0/s1. The summed E-state index contributed by atoms with van der Waals surface area (Å²) in [4.78, 5) is 22.5. The van der Waals surface area contributed by atoms with Gasteiger partial charge in [-0.15, -0.1) is 0 Å². The highest BCUT2D eigenvalue weighted by molar-refractivity contribution is 5.84. The molecule has 1 atom stereocenters. The van der Waals surface area contributed by atoms with E-state index in [0.717, 1.165) is 12.0 Å². The molecule has 5 nitrogen and oxygen atoms in total. The predicted molar refractivity (Wildman–Crippen MR) is 67.8 cm³/mol. The van der Waals surface area contributed by atoms with Gasteiger partial charge in [0.25, 0.3) is 0 Å². The van der Waals surface area contributed by atoms with Gasteiger partial charge in [-0.2, -0.15) is 0 Å². The van der Waals surface area contributed by atoms with Gasteiger partial charge in [-0.3, -0.25) is 9.59 Å². The number of hydrogen-bond acceptors (Lipinski definition) is 4. The van der Waals surface area contributed by atoms with E-state index in [2.05, 4.69) is 10.1 Å². The van der Waals surface area contributed by atoms with Crippen LogP contribution in [0.3, 0.4) is 0 Å². The zero-order chi connectivity index (χ0) is 13.4. The first kappa shape index (κ1) is 14.2. The molecule has 0 saturated heterocycles. The van der Waals surface area contributed by atoms with Crippen molar-refractivity contribution in [2.75, 3.05) is 13.7 Å². The van der Waals surface area contributed by atoms with E-state index in [1.165, 1.54) is 7.11 Å². The number of carbonyl (C=O) groups excluding carboxylic acids is 2. The number of carbonyl (C=O) groups is 2. The van der Waals surface area contributed by atoms with Crippen LogP contribution in [0.2, 0.25) is 0 Å². The van der Waals surface area contributed by atoms with Crippen molar-refractivity contribution in [2.24, 2.45) is 5.73 Å². The molecule has 1 amide bonds. The Labute approximate surface area is 106 Å². The highest BCUT2D eigenvalue weighted by atomic mass is 16.5. The van der Waals surface area contributed by atoms with Gasteiger partial charge in [0.1, 0.15) is 6.04 Å². The van der Waals surface area contributed by atoms with Crippen LogP contribution >= 0.6 is 0 Å². The smallest absolute Gasteiger partial charge is 0.323 e. The highest BCUT2D eigenvalue weighted by Gasteiger charge is 2.17. The van der Waals surface area contributed by atoms with E-state index in [0.29, 0.717) is 6.54 Å². The number of nitrogens with one attached hydrogen (secondary N) is 1. The van der Waals surface area contributed by atoms with Crippen molar-refractivity contribution in [3.8, 4) is 0 Å². The van der Waals surface area contributed by atoms with Gasteiger partial charge in [-0.25, -0.2) is 0 Å². The van der Waals surface area contributed by atoms with E-state index in [-0.39, 0.29) is 12.3 Å². The van der Waals surface area contributed by atoms with Gasteiger partial charge in [0.15, 0.2) is 0 Å². The van der Waals surface area contributed by atoms with Crippen LogP contribution < -0.4 is 11.1 Å². The Hall–Kier alpha value is -1.88. The third-order valence-electron chi connectivity index (χ3n) is 2.49. The molecule has 5 heteroatoms. The number of nitrogens with two attached hydrogens (primary N) is 1. The van der Waals surface area contributed by atoms with Gasteiger partial charge in [0.05, 0.1) is 13.5 Å². The first-order valence-corrected chi connectivity index (χ1v) is 5.77. The Morgan fingerprint density at radius 2 is 2.00 bits per heavy atom. The molecule has 3 N–H and O–H groups in total. The summed E-state index contributed by atoms with van der Waals surface area (Å²) in [5, 5.41) is 2.71. The molecule has 0 saturated carbocycles. The maximum atomic E-state index is 11.5.